The molecular weight excluding hydrogens is 374 g/mol. The molecule has 0 aromatic heterocycles. The first-order valence-corrected chi connectivity index (χ1v) is 9.09. The van der Waals surface area contributed by atoms with E-state index >= 15 is 0 Å². The van der Waals surface area contributed by atoms with Crippen LogP contribution in [0.15, 0.2) is 59.1 Å². The van der Waals surface area contributed by atoms with Crippen LogP contribution in [0.3, 0.4) is 0 Å². The molecule has 2 nitrogen and oxygen atoms in total. The number of halogens is 3. The number of hydrogen-bond donors (Lipinski definition) is 0. The molecule has 0 N–H and O–H groups in total. The minimum absolute atomic E-state index is 0.0152. The maximum absolute atomic E-state index is 13.4. The summed E-state index contributed by atoms with van der Waals surface area (Å²) in [6, 6.07) is 13.9. The third kappa shape index (κ3) is 4.11. The molecule has 2 aromatic rings. The lowest BCUT2D eigenvalue weighted by molar-refractivity contribution is -0.147. The molecule has 0 heterocycles. The van der Waals surface area contributed by atoms with E-state index in [0.29, 0.717) is 0 Å². The molecule has 0 amide bonds. The van der Waals surface area contributed by atoms with Crippen molar-refractivity contribution in [3.63, 3.8) is 0 Å². The zero-order valence-corrected chi connectivity index (χ0v) is 16.0. The van der Waals surface area contributed by atoms with Crippen molar-refractivity contribution >= 4 is 29.2 Å². The zero-order valence-electron chi connectivity index (χ0n) is 14.5. The van der Waals surface area contributed by atoms with E-state index in [2.05, 4.69) is 0 Å². The van der Waals surface area contributed by atoms with Gasteiger partial charge in [0.15, 0.2) is 0 Å². The van der Waals surface area contributed by atoms with Crippen molar-refractivity contribution in [3.05, 3.63) is 70.5 Å². The van der Waals surface area contributed by atoms with Gasteiger partial charge in [-0.3, -0.25) is 4.79 Å². The van der Waals surface area contributed by atoms with Crippen molar-refractivity contribution in [2.24, 2.45) is 17.3 Å². The molecule has 26 heavy (non-hydrogen) atoms. The second-order valence-corrected chi connectivity index (χ2v) is 8.11. The van der Waals surface area contributed by atoms with Gasteiger partial charge in [0.2, 0.25) is 0 Å². The Hall–Kier alpha value is -1.84. The summed E-state index contributed by atoms with van der Waals surface area (Å²) in [5.41, 5.74) is 2.29. The molecule has 5 heteroatoms. The van der Waals surface area contributed by atoms with E-state index in [-0.39, 0.29) is 40.1 Å². The van der Waals surface area contributed by atoms with E-state index in [1.54, 1.807) is 12.1 Å². The lowest BCUT2D eigenvalue weighted by atomic mass is 10.0. The van der Waals surface area contributed by atoms with Gasteiger partial charge in [0.25, 0.3) is 0 Å². The highest BCUT2D eigenvalue weighted by atomic mass is 35.5. The van der Waals surface area contributed by atoms with Crippen LogP contribution >= 0.6 is 23.2 Å². The van der Waals surface area contributed by atoms with Crippen LogP contribution in [0.25, 0.3) is 11.1 Å². The fraction of sp³-hybridized carbons (Fsp3) is 0.286. The summed E-state index contributed by atoms with van der Waals surface area (Å²) in [5.74, 6) is -0.811. The first kappa shape index (κ1) is 18.9. The predicted octanol–water partition coefficient (Wildman–Crippen LogP) is 6.13. The third-order valence-corrected chi connectivity index (χ3v) is 5.19. The second-order valence-electron chi connectivity index (χ2n) is 7.10. The first-order chi connectivity index (χ1) is 12.3. The Labute approximate surface area is 162 Å². The molecule has 136 valence electrons. The molecule has 0 unspecified atom stereocenters. The van der Waals surface area contributed by atoms with Crippen molar-refractivity contribution in [2.75, 3.05) is 0 Å². The minimum atomic E-state index is -0.285. The summed E-state index contributed by atoms with van der Waals surface area (Å²) in [7, 11) is 0. The van der Waals surface area contributed by atoms with Gasteiger partial charge in [0.1, 0.15) is 16.9 Å². The van der Waals surface area contributed by atoms with Crippen molar-refractivity contribution in [1.29, 1.82) is 0 Å². The highest BCUT2D eigenvalue weighted by Crippen LogP contribution is 2.60. The average molecular weight is 393 g/mol. The molecule has 0 spiro atoms. The van der Waals surface area contributed by atoms with E-state index in [9.17, 15) is 9.18 Å². The quantitative estimate of drug-likeness (QED) is 0.572. The molecule has 1 fully saturated rings. The van der Waals surface area contributed by atoms with Crippen LogP contribution in [0.1, 0.15) is 19.4 Å². The second kappa shape index (κ2) is 7.42. The van der Waals surface area contributed by atoms with Gasteiger partial charge in [0.05, 0.1) is 5.92 Å². The van der Waals surface area contributed by atoms with Gasteiger partial charge in [-0.15, -0.1) is 0 Å². The average Bonchev–Trinajstić information content (AvgIpc) is 3.12. The molecule has 2 atom stereocenters. The maximum Gasteiger partial charge on any atom is 0.310 e. The fourth-order valence-corrected chi connectivity index (χ4v) is 3.60. The van der Waals surface area contributed by atoms with Crippen molar-refractivity contribution in [2.45, 2.75) is 20.5 Å². The third-order valence-electron chi connectivity index (χ3n) is 4.94. The molecule has 0 radical (unpaired) electrons. The van der Waals surface area contributed by atoms with E-state index in [0.717, 1.165) is 16.7 Å². The number of rotatable bonds is 5. The highest BCUT2D eigenvalue weighted by molar-refractivity contribution is 6.55. The topological polar surface area (TPSA) is 26.3 Å². The summed E-state index contributed by atoms with van der Waals surface area (Å²) in [6.45, 7) is 4.14. The maximum atomic E-state index is 13.4. The Kier molecular flexibility index (Phi) is 5.40. The Bertz CT molecular complexity index is 857. The number of hydrogen-bond acceptors (Lipinski definition) is 2. The molecule has 1 saturated carbocycles. The van der Waals surface area contributed by atoms with Crippen LogP contribution in [0.4, 0.5) is 4.39 Å². The molecule has 0 bridgehead atoms. The van der Waals surface area contributed by atoms with Crippen molar-refractivity contribution in [1.82, 2.24) is 0 Å². The number of carbonyl (C=O) groups excluding carboxylic acids is 1. The minimum Gasteiger partial charge on any atom is -0.461 e. The van der Waals surface area contributed by atoms with Crippen LogP contribution in [0.2, 0.25) is 0 Å². The monoisotopic (exact) mass is 392 g/mol. The largest absolute Gasteiger partial charge is 0.461 e. The number of carbonyl (C=O) groups is 1. The van der Waals surface area contributed by atoms with E-state index in [1.165, 1.54) is 12.1 Å². The van der Waals surface area contributed by atoms with Gasteiger partial charge in [0, 0.05) is 0 Å². The Morgan fingerprint density at radius 3 is 2.46 bits per heavy atom. The van der Waals surface area contributed by atoms with E-state index in [4.69, 9.17) is 27.9 Å². The fourth-order valence-electron chi connectivity index (χ4n) is 3.33. The SMILES string of the molecule is CC1(C)[C@H](C=C(Cl)Cl)[C@H]1C(=O)OCc1cccc(-c2cccc(F)c2)c1. The Morgan fingerprint density at radius 1 is 1.15 bits per heavy atom. The summed E-state index contributed by atoms with van der Waals surface area (Å²) in [6.07, 6.45) is 1.69. The number of esters is 1. The number of benzene rings is 2. The van der Waals surface area contributed by atoms with Crippen LogP contribution in [-0.2, 0) is 16.1 Å². The number of ether oxygens (including phenoxy) is 1. The molecule has 2 aromatic carbocycles. The van der Waals surface area contributed by atoms with Gasteiger partial charge >= 0.3 is 5.97 Å². The Balaban J connectivity index is 1.66. The van der Waals surface area contributed by atoms with Crippen LogP contribution in [0, 0.1) is 23.1 Å². The summed E-state index contributed by atoms with van der Waals surface area (Å²) in [5, 5.41) is 0. The predicted molar refractivity (Wildman–Crippen MR) is 102 cm³/mol. The lowest BCUT2D eigenvalue weighted by Crippen LogP contribution is -2.10. The zero-order chi connectivity index (χ0) is 18.9. The van der Waals surface area contributed by atoms with Crippen molar-refractivity contribution in [3.8, 4) is 11.1 Å². The van der Waals surface area contributed by atoms with Crippen molar-refractivity contribution < 1.29 is 13.9 Å². The molecule has 3 rings (SSSR count). The van der Waals surface area contributed by atoms with Crippen LogP contribution in [-0.4, -0.2) is 5.97 Å². The van der Waals surface area contributed by atoms with Gasteiger partial charge in [-0.2, -0.15) is 0 Å². The highest BCUT2D eigenvalue weighted by Gasteiger charge is 2.61. The molecule has 0 aliphatic heterocycles. The van der Waals surface area contributed by atoms with Gasteiger partial charge in [-0.1, -0.05) is 67.4 Å². The molecule has 0 saturated heterocycles. The first-order valence-electron chi connectivity index (χ1n) is 8.33. The normalized spacial score (nSPS) is 20.3. The van der Waals surface area contributed by atoms with Crippen LogP contribution in [0.5, 0.6) is 0 Å². The lowest BCUT2D eigenvalue weighted by Gasteiger charge is -2.08. The van der Waals surface area contributed by atoms with Gasteiger partial charge < -0.3 is 4.74 Å². The van der Waals surface area contributed by atoms with Gasteiger partial charge in [-0.05, 0) is 52.3 Å². The Morgan fingerprint density at radius 2 is 1.81 bits per heavy atom. The molecule has 1 aliphatic carbocycles. The molecular formula is C21H19Cl2FO2. The number of allylic oxidation sites excluding steroid dienone is 1. The summed E-state index contributed by atoms with van der Waals surface area (Å²) < 4.78 is 19.1. The summed E-state index contributed by atoms with van der Waals surface area (Å²) in [4.78, 5) is 12.4. The van der Waals surface area contributed by atoms with Crippen LogP contribution < -0.4 is 0 Å². The standard InChI is InChI=1S/C21H19Cl2FO2/c1-21(2)17(11-18(22)23)19(21)20(25)26-12-13-5-3-6-14(9-13)15-7-4-8-16(24)10-15/h3-11,17,19H,12H2,1-2H3/t17-,19+/m1/s1. The van der Waals surface area contributed by atoms with E-state index < -0.39 is 0 Å². The smallest absolute Gasteiger partial charge is 0.310 e. The van der Waals surface area contributed by atoms with Gasteiger partial charge in [-0.25, -0.2) is 4.39 Å². The van der Waals surface area contributed by atoms with E-state index in [1.807, 2.05) is 44.2 Å². The molecule has 1 aliphatic rings. The summed E-state index contributed by atoms with van der Waals surface area (Å²) >= 11 is 11.4.